The van der Waals surface area contributed by atoms with Crippen molar-refractivity contribution in [2.45, 2.75) is 13.3 Å². The van der Waals surface area contributed by atoms with Gasteiger partial charge in [-0.1, -0.05) is 6.92 Å². The fourth-order valence-electron chi connectivity index (χ4n) is 1.34. The molecule has 80 valence electrons. The highest BCUT2D eigenvalue weighted by atomic mass is 32.1. The van der Waals surface area contributed by atoms with Crippen LogP contribution in [-0.4, -0.2) is 9.97 Å². The number of thiophene rings is 1. The third-order valence-electron chi connectivity index (χ3n) is 2.08. The third kappa shape index (κ3) is 2.02. The molecule has 2 N–H and O–H groups in total. The normalized spacial score (nSPS) is 10.0. The number of hydrogen-bond acceptors (Lipinski definition) is 5. The summed E-state index contributed by atoms with van der Waals surface area (Å²) in [6.45, 7) is 1.98. The van der Waals surface area contributed by atoms with Crippen molar-refractivity contribution in [2.24, 2.45) is 0 Å². The molecule has 2 rings (SSSR count). The van der Waals surface area contributed by atoms with Crippen LogP contribution < -0.4 is 5.73 Å². The zero-order chi connectivity index (χ0) is 11.5. The standard InChI is InChI=1S/C11H10N4S/c1-2-11-14-8(5-10(13)15-11)9-4-3-7(6-12)16-9/h3-5H,2H2,1H3,(H2,13,14,15). The van der Waals surface area contributed by atoms with Crippen molar-refractivity contribution < 1.29 is 0 Å². The quantitative estimate of drug-likeness (QED) is 0.858. The average molecular weight is 230 g/mol. The number of nitrogens with zero attached hydrogens (tertiary/aromatic N) is 3. The van der Waals surface area contributed by atoms with Crippen LogP contribution in [0.2, 0.25) is 0 Å². The van der Waals surface area contributed by atoms with E-state index in [1.54, 1.807) is 12.1 Å². The predicted molar refractivity (Wildman–Crippen MR) is 63.9 cm³/mol. The number of nitrogens with two attached hydrogens (primary N) is 1. The molecule has 0 fully saturated rings. The predicted octanol–water partition coefficient (Wildman–Crippen LogP) is 2.22. The van der Waals surface area contributed by atoms with Crippen LogP contribution in [0, 0.1) is 11.3 Å². The van der Waals surface area contributed by atoms with E-state index >= 15 is 0 Å². The van der Waals surface area contributed by atoms with Gasteiger partial charge in [0.2, 0.25) is 0 Å². The highest BCUT2D eigenvalue weighted by molar-refractivity contribution is 7.15. The number of hydrogen-bond donors (Lipinski definition) is 1. The number of nitriles is 1. The molecular formula is C11H10N4S. The van der Waals surface area contributed by atoms with Gasteiger partial charge < -0.3 is 5.73 Å². The van der Waals surface area contributed by atoms with E-state index in [4.69, 9.17) is 11.0 Å². The van der Waals surface area contributed by atoms with E-state index in [0.717, 1.165) is 22.8 Å². The van der Waals surface area contributed by atoms with Gasteiger partial charge in [0.25, 0.3) is 0 Å². The van der Waals surface area contributed by atoms with E-state index in [1.165, 1.54) is 11.3 Å². The zero-order valence-electron chi connectivity index (χ0n) is 8.77. The molecule has 4 nitrogen and oxygen atoms in total. The van der Waals surface area contributed by atoms with Crippen molar-refractivity contribution in [1.29, 1.82) is 5.26 Å². The molecule has 5 heteroatoms. The molecule has 2 heterocycles. The van der Waals surface area contributed by atoms with Crippen molar-refractivity contribution in [2.75, 3.05) is 5.73 Å². The Morgan fingerprint density at radius 1 is 1.44 bits per heavy atom. The first-order valence-electron chi connectivity index (χ1n) is 4.86. The van der Waals surface area contributed by atoms with Crippen LogP contribution >= 0.6 is 11.3 Å². The molecule has 2 aromatic heterocycles. The molecular weight excluding hydrogens is 220 g/mol. The second-order valence-corrected chi connectivity index (χ2v) is 4.31. The van der Waals surface area contributed by atoms with Crippen LogP contribution in [0.5, 0.6) is 0 Å². The molecule has 16 heavy (non-hydrogen) atoms. The van der Waals surface area contributed by atoms with Crippen LogP contribution in [0.15, 0.2) is 18.2 Å². The van der Waals surface area contributed by atoms with Crippen LogP contribution in [0.4, 0.5) is 5.82 Å². The van der Waals surface area contributed by atoms with Crippen molar-refractivity contribution in [3.8, 4) is 16.6 Å². The van der Waals surface area contributed by atoms with Gasteiger partial charge in [0.15, 0.2) is 0 Å². The minimum Gasteiger partial charge on any atom is -0.384 e. The number of rotatable bonds is 2. The SMILES string of the molecule is CCc1nc(N)cc(-c2ccc(C#N)s2)n1. The molecule has 0 aliphatic carbocycles. The fraction of sp³-hybridized carbons (Fsp3) is 0.182. The summed E-state index contributed by atoms with van der Waals surface area (Å²) in [4.78, 5) is 10.1. The molecule has 0 aliphatic rings. The largest absolute Gasteiger partial charge is 0.384 e. The van der Waals surface area contributed by atoms with Gasteiger partial charge in [-0.2, -0.15) is 5.26 Å². The second kappa shape index (κ2) is 4.29. The van der Waals surface area contributed by atoms with Gasteiger partial charge in [0.1, 0.15) is 22.6 Å². The van der Waals surface area contributed by atoms with Gasteiger partial charge in [-0.25, -0.2) is 9.97 Å². The lowest BCUT2D eigenvalue weighted by molar-refractivity contribution is 0.950. The van der Waals surface area contributed by atoms with E-state index in [9.17, 15) is 0 Å². The highest BCUT2D eigenvalue weighted by Gasteiger charge is 2.06. The van der Waals surface area contributed by atoms with Gasteiger partial charge in [-0.15, -0.1) is 11.3 Å². The van der Waals surface area contributed by atoms with E-state index in [2.05, 4.69) is 16.0 Å². The summed E-state index contributed by atoms with van der Waals surface area (Å²) in [5.41, 5.74) is 6.49. The first kappa shape index (κ1) is 10.6. The summed E-state index contributed by atoms with van der Waals surface area (Å²) in [5, 5.41) is 8.76. The summed E-state index contributed by atoms with van der Waals surface area (Å²) in [5.74, 6) is 1.19. The zero-order valence-corrected chi connectivity index (χ0v) is 9.58. The monoisotopic (exact) mass is 230 g/mol. The van der Waals surface area contributed by atoms with Crippen molar-refractivity contribution in [3.05, 3.63) is 28.9 Å². The summed E-state index contributed by atoms with van der Waals surface area (Å²) in [6, 6.07) is 7.49. The summed E-state index contributed by atoms with van der Waals surface area (Å²) in [6.07, 6.45) is 0.745. The van der Waals surface area contributed by atoms with Gasteiger partial charge in [0, 0.05) is 12.5 Å². The van der Waals surface area contributed by atoms with Gasteiger partial charge >= 0.3 is 0 Å². The van der Waals surface area contributed by atoms with E-state index in [1.807, 2.05) is 13.0 Å². The van der Waals surface area contributed by atoms with E-state index in [0.29, 0.717) is 10.7 Å². The number of nitrogen functional groups attached to an aromatic ring is 1. The van der Waals surface area contributed by atoms with Gasteiger partial charge in [-0.3, -0.25) is 0 Å². The lowest BCUT2D eigenvalue weighted by Crippen LogP contribution is -1.99. The molecule has 0 atom stereocenters. The van der Waals surface area contributed by atoms with Crippen LogP contribution in [0.1, 0.15) is 17.6 Å². The fourth-order valence-corrected chi connectivity index (χ4v) is 2.10. The highest BCUT2D eigenvalue weighted by Crippen LogP contribution is 2.27. The summed E-state index contributed by atoms with van der Waals surface area (Å²) >= 11 is 1.41. The average Bonchev–Trinajstić information content (AvgIpc) is 2.76. The Hall–Kier alpha value is -1.93. The van der Waals surface area contributed by atoms with E-state index in [-0.39, 0.29) is 0 Å². The summed E-state index contributed by atoms with van der Waals surface area (Å²) < 4.78 is 0. The molecule has 2 aromatic rings. The first-order chi connectivity index (χ1) is 7.72. The minimum absolute atomic E-state index is 0.466. The Morgan fingerprint density at radius 2 is 2.25 bits per heavy atom. The Kier molecular flexibility index (Phi) is 2.84. The molecule has 0 radical (unpaired) electrons. The van der Waals surface area contributed by atoms with E-state index < -0.39 is 0 Å². The molecule has 0 saturated heterocycles. The van der Waals surface area contributed by atoms with Gasteiger partial charge in [-0.05, 0) is 12.1 Å². The first-order valence-corrected chi connectivity index (χ1v) is 5.68. The Morgan fingerprint density at radius 3 is 2.88 bits per heavy atom. The maximum Gasteiger partial charge on any atom is 0.131 e. The molecule has 0 bridgehead atoms. The minimum atomic E-state index is 0.466. The van der Waals surface area contributed by atoms with Crippen LogP contribution in [0.25, 0.3) is 10.6 Å². The smallest absolute Gasteiger partial charge is 0.131 e. The van der Waals surface area contributed by atoms with Crippen molar-refractivity contribution in [3.63, 3.8) is 0 Å². The Balaban J connectivity index is 2.47. The van der Waals surface area contributed by atoms with Crippen LogP contribution in [0.3, 0.4) is 0 Å². The maximum atomic E-state index is 8.76. The molecule has 0 aromatic carbocycles. The van der Waals surface area contributed by atoms with Crippen LogP contribution in [-0.2, 0) is 6.42 Å². The van der Waals surface area contributed by atoms with Gasteiger partial charge in [0.05, 0.1) is 10.6 Å². The molecule has 0 amide bonds. The molecule has 0 unspecified atom stereocenters. The van der Waals surface area contributed by atoms with Crippen molar-refractivity contribution >= 4 is 17.2 Å². The molecule has 0 saturated carbocycles. The summed E-state index contributed by atoms with van der Waals surface area (Å²) in [7, 11) is 0. The Bertz CT molecular complexity index is 553. The number of anilines is 1. The topological polar surface area (TPSA) is 75.6 Å². The lowest BCUT2D eigenvalue weighted by Gasteiger charge is -2.01. The molecule has 0 spiro atoms. The number of aromatic nitrogens is 2. The Labute approximate surface area is 97.4 Å². The maximum absolute atomic E-state index is 8.76. The number of aryl methyl sites for hydroxylation is 1. The second-order valence-electron chi connectivity index (χ2n) is 3.22. The van der Waals surface area contributed by atoms with Crippen molar-refractivity contribution in [1.82, 2.24) is 9.97 Å². The molecule has 0 aliphatic heterocycles. The third-order valence-corrected chi connectivity index (χ3v) is 3.09. The lowest BCUT2D eigenvalue weighted by atomic mass is 10.3.